The zero-order valence-electron chi connectivity index (χ0n) is 16.1. The molecule has 7 nitrogen and oxygen atoms in total. The van der Waals surface area contributed by atoms with Crippen LogP contribution in [-0.4, -0.2) is 49.4 Å². The van der Waals surface area contributed by atoms with E-state index in [2.05, 4.69) is 10.6 Å². The molecule has 0 aliphatic carbocycles. The van der Waals surface area contributed by atoms with Gasteiger partial charge in [-0.3, -0.25) is 19.3 Å². The molecule has 7 heteroatoms. The SMILES string of the molecule is CNC(C)CNC(=O)c1cc(CN2C(=O)c3ccccc3C2=O)ccc1OC. The summed E-state index contributed by atoms with van der Waals surface area (Å²) in [6.45, 7) is 2.50. The average Bonchev–Trinajstić information content (AvgIpc) is 2.96. The minimum absolute atomic E-state index is 0.0868. The van der Waals surface area contributed by atoms with Crippen molar-refractivity contribution in [1.82, 2.24) is 15.5 Å². The third kappa shape index (κ3) is 3.75. The Morgan fingerprint density at radius 1 is 1.11 bits per heavy atom. The van der Waals surface area contributed by atoms with E-state index in [1.807, 2.05) is 14.0 Å². The van der Waals surface area contributed by atoms with Gasteiger partial charge in [-0.05, 0) is 43.8 Å². The maximum atomic E-state index is 12.6. The Hall–Kier alpha value is -3.19. The van der Waals surface area contributed by atoms with Crippen molar-refractivity contribution in [2.24, 2.45) is 0 Å². The molecule has 2 aromatic rings. The van der Waals surface area contributed by atoms with E-state index < -0.39 is 0 Å². The first kappa shape index (κ1) is 19.6. The highest BCUT2D eigenvalue weighted by atomic mass is 16.5. The summed E-state index contributed by atoms with van der Waals surface area (Å²) < 4.78 is 5.29. The number of imide groups is 1. The third-order valence-electron chi connectivity index (χ3n) is 4.79. The van der Waals surface area contributed by atoms with Crippen LogP contribution in [0.2, 0.25) is 0 Å². The Balaban J connectivity index is 1.81. The molecule has 0 spiro atoms. The molecule has 1 unspecified atom stereocenters. The number of methoxy groups -OCH3 is 1. The largest absolute Gasteiger partial charge is 0.496 e. The predicted molar refractivity (Wildman–Crippen MR) is 104 cm³/mol. The lowest BCUT2D eigenvalue weighted by molar-refractivity contribution is 0.0642. The number of nitrogens with zero attached hydrogens (tertiary/aromatic N) is 1. The Morgan fingerprint density at radius 3 is 2.32 bits per heavy atom. The Bertz CT molecular complexity index is 891. The lowest BCUT2D eigenvalue weighted by atomic mass is 10.1. The normalized spacial score (nSPS) is 14.0. The van der Waals surface area contributed by atoms with Crippen molar-refractivity contribution < 1.29 is 19.1 Å². The van der Waals surface area contributed by atoms with Crippen LogP contribution in [0, 0.1) is 0 Å². The van der Waals surface area contributed by atoms with Crippen molar-refractivity contribution in [3.63, 3.8) is 0 Å². The number of likely N-dealkylation sites (N-methyl/N-ethyl adjacent to an activating group) is 1. The molecule has 3 rings (SSSR count). The standard InChI is InChI=1S/C21H23N3O4/c1-13(22-2)11-23-19(25)17-10-14(8-9-18(17)28-3)12-24-20(26)15-6-4-5-7-16(15)21(24)27/h4-10,13,22H,11-12H2,1-3H3,(H,23,25). The molecule has 1 atom stereocenters. The molecule has 2 aromatic carbocycles. The van der Waals surface area contributed by atoms with E-state index in [1.54, 1.807) is 42.5 Å². The van der Waals surface area contributed by atoms with Gasteiger partial charge < -0.3 is 15.4 Å². The zero-order chi connectivity index (χ0) is 20.3. The van der Waals surface area contributed by atoms with Gasteiger partial charge >= 0.3 is 0 Å². The minimum atomic E-state index is -0.328. The van der Waals surface area contributed by atoms with Gasteiger partial charge in [-0.1, -0.05) is 18.2 Å². The fourth-order valence-electron chi connectivity index (χ4n) is 3.04. The van der Waals surface area contributed by atoms with E-state index in [-0.39, 0.29) is 30.3 Å². The van der Waals surface area contributed by atoms with Crippen molar-refractivity contribution in [1.29, 1.82) is 0 Å². The third-order valence-corrected chi connectivity index (χ3v) is 4.79. The lowest BCUT2D eigenvalue weighted by Gasteiger charge is -2.17. The number of ether oxygens (including phenoxy) is 1. The highest BCUT2D eigenvalue weighted by Crippen LogP contribution is 2.26. The predicted octanol–water partition coefficient (Wildman–Crippen LogP) is 1.83. The van der Waals surface area contributed by atoms with Crippen LogP contribution >= 0.6 is 0 Å². The first-order valence-electron chi connectivity index (χ1n) is 9.03. The highest BCUT2D eigenvalue weighted by Gasteiger charge is 2.35. The lowest BCUT2D eigenvalue weighted by Crippen LogP contribution is -2.37. The summed E-state index contributed by atoms with van der Waals surface area (Å²) in [7, 11) is 3.31. The summed E-state index contributed by atoms with van der Waals surface area (Å²) in [5, 5.41) is 5.90. The highest BCUT2D eigenvalue weighted by molar-refractivity contribution is 6.21. The molecular formula is C21H23N3O4. The summed E-state index contributed by atoms with van der Waals surface area (Å²) in [5.74, 6) is -0.501. The number of carbonyl (C=O) groups excluding carboxylic acids is 3. The number of amides is 3. The summed E-state index contributed by atoms with van der Waals surface area (Å²) in [6, 6.07) is 11.9. The number of carbonyl (C=O) groups is 3. The molecule has 0 saturated heterocycles. The van der Waals surface area contributed by atoms with Gasteiger partial charge in [0.1, 0.15) is 5.75 Å². The van der Waals surface area contributed by atoms with Crippen LogP contribution in [-0.2, 0) is 6.54 Å². The van der Waals surface area contributed by atoms with Gasteiger partial charge in [-0.25, -0.2) is 0 Å². The zero-order valence-corrected chi connectivity index (χ0v) is 16.1. The number of hydrogen-bond donors (Lipinski definition) is 2. The van der Waals surface area contributed by atoms with Gasteiger partial charge in [0.25, 0.3) is 17.7 Å². The van der Waals surface area contributed by atoms with E-state index >= 15 is 0 Å². The van der Waals surface area contributed by atoms with E-state index in [0.717, 1.165) is 0 Å². The number of nitrogens with one attached hydrogen (secondary N) is 2. The summed E-state index contributed by atoms with van der Waals surface area (Å²) in [4.78, 5) is 38.9. The Kier molecular flexibility index (Phi) is 5.75. The van der Waals surface area contributed by atoms with Crippen LogP contribution in [0.1, 0.15) is 43.6 Å². The second-order valence-corrected chi connectivity index (χ2v) is 6.68. The number of hydrogen-bond acceptors (Lipinski definition) is 5. The second kappa shape index (κ2) is 8.22. The van der Waals surface area contributed by atoms with Crippen LogP contribution in [0.15, 0.2) is 42.5 Å². The molecule has 0 fully saturated rings. The summed E-state index contributed by atoms with van der Waals surface area (Å²) in [5.41, 5.74) is 1.84. The smallest absolute Gasteiger partial charge is 0.261 e. The second-order valence-electron chi connectivity index (χ2n) is 6.68. The van der Waals surface area contributed by atoms with Crippen molar-refractivity contribution in [3.05, 3.63) is 64.7 Å². The van der Waals surface area contributed by atoms with Gasteiger partial charge in [-0.15, -0.1) is 0 Å². The average molecular weight is 381 g/mol. The number of fused-ring (bicyclic) bond motifs is 1. The van der Waals surface area contributed by atoms with E-state index in [4.69, 9.17) is 4.74 Å². The van der Waals surface area contributed by atoms with Crippen LogP contribution < -0.4 is 15.4 Å². The van der Waals surface area contributed by atoms with Gasteiger partial charge in [0.2, 0.25) is 0 Å². The molecule has 1 aliphatic heterocycles. The number of rotatable bonds is 7. The molecule has 146 valence electrons. The maximum Gasteiger partial charge on any atom is 0.261 e. The van der Waals surface area contributed by atoms with E-state index in [9.17, 15) is 14.4 Å². The molecule has 0 saturated carbocycles. The van der Waals surface area contributed by atoms with Crippen LogP contribution in [0.4, 0.5) is 0 Å². The van der Waals surface area contributed by atoms with Gasteiger partial charge in [-0.2, -0.15) is 0 Å². The Morgan fingerprint density at radius 2 is 1.75 bits per heavy atom. The topological polar surface area (TPSA) is 87.7 Å². The minimum Gasteiger partial charge on any atom is -0.496 e. The fraction of sp³-hybridized carbons (Fsp3) is 0.286. The van der Waals surface area contributed by atoms with Crippen LogP contribution in [0.5, 0.6) is 5.75 Å². The number of benzene rings is 2. The van der Waals surface area contributed by atoms with Gasteiger partial charge in [0.15, 0.2) is 0 Å². The van der Waals surface area contributed by atoms with Gasteiger partial charge in [0.05, 0.1) is 30.3 Å². The first-order valence-corrected chi connectivity index (χ1v) is 9.03. The van der Waals surface area contributed by atoms with Crippen molar-refractivity contribution in [2.45, 2.75) is 19.5 Å². The first-order chi connectivity index (χ1) is 13.5. The molecule has 1 heterocycles. The molecule has 28 heavy (non-hydrogen) atoms. The molecule has 0 aromatic heterocycles. The fourth-order valence-corrected chi connectivity index (χ4v) is 3.04. The molecular weight excluding hydrogens is 358 g/mol. The molecule has 3 amide bonds. The molecule has 0 bridgehead atoms. The monoisotopic (exact) mass is 381 g/mol. The van der Waals surface area contributed by atoms with Crippen molar-refractivity contribution in [2.75, 3.05) is 20.7 Å². The summed E-state index contributed by atoms with van der Waals surface area (Å²) >= 11 is 0. The van der Waals surface area contributed by atoms with Gasteiger partial charge in [0, 0.05) is 12.6 Å². The molecule has 1 aliphatic rings. The molecule has 0 radical (unpaired) electrons. The van der Waals surface area contributed by atoms with E-state index in [0.29, 0.717) is 34.5 Å². The van der Waals surface area contributed by atoms with Crippen molar-refractivity contribution >= 4 is 17.7 Å². The van der Waals surface area contributed by atoms with E-state index in [1.165, 1.54) is 12.0 Å². The van der Waals surface area contributed by atoms with Crippen molar-refractivity contribution in [3.8, 4) is 5.75 Å². The quantitative estimate of drug-likeness (QED) is 0.715. The summed E-state index contributed by atoms with van der Waals surface area (Å²) in [6.07, 6.45) is 0. The molecule has 2 N–H and O–H groups in total. The maximum absolute atomic E-state index is 12.6. The van der Waals surface area contributed by atoms with Crippen LogP contribution in [0.25, 0.3) is 0 Å². The van der Waals surface area contributed by atoms with Crippen LogP contribution in [0.3, 0.4) is 0 Å². The Labute approximate surface area is 163 Å².